The molecule has 0 aromatic rings. The van der Waals surface area contributed by atoms with E-state index in [1.165, 1.54) is 49.7 Å². The molecule has 1 amide bonds. The van der Waals surface area contributed by atoms with Crippen LogP contribution in [0.3, 0.4) is 0 Å². The molecule has 0 radical (unpaired) electrons. The second kappa shape index (κ2) is 8.29. The van der Waals surface area contributed by atoms with Crippen LogP contribution in [0.1, 0.15) is 91.4 Å². The smallest absolute Gasteiger partial charge is 0.226 e. The molecule has 1 aliphatic heterocycles. The van der Waals surface area contributed by atoms with E-state index in [1.54, 1.807) is 0 Å². The van der Waals surface area contributed by atoms with E-state index >= 15 is 0 Å². The number of likely N-dealkylation sites (tertiary alicyclic amines) is 1. The minimum absolute atomic E-state index is 0.229. The third-order valence-electron chi connectivity index (χ3n) is 10.4. The molecular formula is C29H41NO2. The Balaban J connectivity index is 1.36. The summed E-state index contributed by atoms with van der Waals surface area (Å²) < 4.78 is 0. The lowest BCUT2D eigenvalue weighted by Gasteiger charge is -2.57. The van der Waals surface area contributed by atoms with Gasteiger partial charge >= 0.3 is 0 Å². The molecule has 0 spiro atoms. The Hall–Kier alpha value is -1.64. The summed E-state index contributed by atoms with van der Waals surface area (Å²) in [6, 6.07) is 0. The topological polar surface area (TPSA) is 37.4 Å². The van der Waals surface area contributed by atoms with Gasteiger partial charge in [0.05, 0.1) is 0 Å². The fourth-order valence-electron chi connectivity index (χ4n) is 8.49. The predicted octanol–water partition coefficient (Wildman–Crippen LogP) is 6.61. The number of amides is 1. The van der Waals surface area contributed by atoms with Gasteiger partial charge in [0.2, 0.25) is 5.91 Å². The van der Waals surface area contributed by atoms with Crippen LogP contribution in [0.25, 0.3) is 0 Å². The first kappa shape index (κ1) is 22.2. The van der Waals surface area contributed by atoms with Crippen molar-refractivity contribution in [1.29, 1.82) is 0 Å². The van der Waals surface area contributed by atoms with Crippen LogP contribution >= 0.6 is 0 Å². The van der Waals surface area contributed by atoms with E-state index in [4.69, 9.17) is 0 Å². The molecule has 32 heavy (non-hydrogen) atoms. The fraction of sp³-hybridized carbons (Fsp3) is 0.724. The van der Waals surface area contributed by atoms with Gasteiger partial charge in [0, 0.05) is 25.1 Å². The van der Waals surface area contributed by atoms with E-state index in [-0.39, 0.29) is 22.7 Å². The zero-order valence-corrected chi connectivity index (χ0v) is 20.4. The van der Waals surface area contributed by atoms with Gasteiger partial charge < -0.3 is 4.90 Å². The van der Waals surface area contributed by atoms with Crippen LogP contribution < -0.4 is 0 Å². The van der Waals surface area contributed by atoms with Crippen LogP contribution in [0.5, 0.6) is 0 Å². The van der Waals surface area contributed by atoms with E-state index in [0.29, 0.717) is 18.1 Å². The molecule has 5 aliphatic rings. The second-order valence-electron chi connectivity index (χ2n) is 11.9. The minimum Gasteiger partial charge on any atom is -0.319 e. The largest absolute Gasteiger partial charge is 0.319 e. The van der Waals surface area contributed by atoms with Gasteiger partial charge in [-0.1, -0.05) is 32.4 Å². The van der Waals surface area contributed by atoms with Crippen molar-refractivity contribution in [2.45, 2.75) is 91.4 Å². The number of rotatable bonds is 3. The summed E-state index contributed by atoms with van der Waals surface area (Å²) in [6.07, 6.45) is 21.6. The van der Waals surface area contributed by atoms with Crippen LogP contribution in [-0.2, 0) is 9.59 Å². The molecule has 4 aliphatic carbocycles. The molecule has 3 nitrogen and oxygen atoms in total. The molecule has 6 atom stereocenters. The molecule has 0 aromatic carbocycles. The summed E-state index contributed by atoms with van der Waals surface area (Å²) in [7, 11) is 0. The second-order valence-corrected chi connectivity index (χ2v) is 11.9. The number of ketones is 1. The van der Waals surface area contributed by atoms with E-state index in [9.17, 15) is 9.59 Å². The third kappa shape index (κ3) is 3.55. The quantitative estimate of drug-likeness (QED) is 0.500. The molecule has 3 fully saturated rings. The van der Waals surface area contributed by atoms with E-state index in [0.717, 1.165) is 44.1 Å². The van der Waals surface area contributed by atoms with Gasteiger partial charge in [0.25, 0.3) is 0 Å². The summed E-state index contributed by atoms with van der Waals surface area (Å²) in [6.45, 7) is 7.65. The van der Waals surface area contributed by atoms with Gasteiger partial charge in [-0.25, -0.2) is 0 Å². The molecule has 174 valence electrons. The van der Waals surface area contributed by atoms with Crippen LogP contribution in [0.2, 0.25) is 0 Å². The maximum absolute atomic E-state index is 12.4. The van der Waals surface area contributed by atoms with Gasteiger partial charge in [-0.15, -0.1) is 0 Å². The number of Topliss-reactive ketones (excluding diaryl/α,β-unsaturated/α-hetero) is 1. The first-order valence-electron chi connectivity index (χ1n) is 13.2. The Morgan fingerprint density at radius 2 is 1.91 bits per heavy atom. The molecule has 1 unspecified atom stereocenters. The van der Waals surface area contributed by atoms with Crippen molar-refractivity contribution in [3.05, 3.63) is 35.6 Å². The Morgan fingerprint density at radius 1 is 1.06 bits per heavy atom. The van der Waals surface area contributed by atoms with Crippen molar-refractivity contribution in [2.75, 3.05) is 6.54 Å². The Morgan fingerprint density at radius 3 is 2.72 bits per heavy atom. The van der Waals surface area contributed by atoms with Crippen molar-refractivity contribution in [2.24, 2.45) is 34.5 Å². The SMILES string of the molecule is CC(=O)C1CC[C@H]2[C@@H]3CC=C4C=C(/C=C/N5CCCCCC5=O)CC[C@]4(C)[C@H]3CC[C@]12C. The third-order valence-corrected chi connectivity index (χ3v) is 10.4. The lowest BCUT2D eigenvalue weighted by Crippen LogP contribution is -2.49. The molecule has 3 heteroatoms. The van der Waals surface area contributed by atoms with Crippen molar-refractivity contribution >= 4 is 11.7 Å². The molecule has 1 saturated heterocycles. The normalized spacial score (nSPS) is 42.0. The minimum atomic E-state index is 0.229. The van der Waals surface area contributed by atoms with Gasteiger partial charge in [0.15, 0.2) is 0 Å². The summed E-state index contributed by atoms with van der Waals surface area (Å²) in [5, 5.41) is 0. The lowest BCUT2D eigenvalue weighted by molar-refractivity contribution is -0.128. The number of hydrogen-bond acceptors (Lipinski definition) is 2. The maximum atomic E-state index is 12.4. The van der Waals surface area contributed by atoms with Gasteiger partial charge in [-0.3, -0.25) is 9.59 Å². The maximum Gasteiger partial charge on any atom is 0.226 e. The highest BCUT2D eigenvalue weighted by Crippen LogP contribution is 2.66. The zero-order chi connectivity index (χ0) is 22.5. The fourth-order valence-corrected chi connectivity index (χ4v) is 8.49. The molecule has 0 N–H and O–H groups in total. The molecule has 0 aromatic heterocycles. The van der Waals surface area contributed by atoms with Crippen LogP contribution in [0.15, 0.2) is 35.6 Å². The molecular weight excluding hydrogens is 394 g/mol. The number of carbonyl (C=O) groups is 2. The summed E-state index contributed by atoms with van der Waals surface area (Å²) in [5.74, 6) is 3.20. The zero-order valence-electron chi connectivity index (χ0n) is 20.4. The highest BCUT2D eigenvalue weighted by Gasteiger charge is 2.58. The van der Waals surface area contributed by atoms with Gasteiger partial charge in [-0.05, 0) is 111 Å². The van der Waals surface area contributed by atoms with Crippen LogP contribution in [-0.4, -0.2) is 23.1 Å². The van der Waals surface area contributed by atoms with Gasteiger partial charge in [0.1, 0.15) is 5.78 Å². The Labute approximate surface area is 194 Å². The number of hydrogen-bond donors (Lipinski definition) is 0. The molecule has 5 rings (SSSR count). The standard InChI is InChI=1S/C29H41NO2/c1-20(31)24-10-11-25-23-9-8-22-19-21(14-18-30-17-6-4-5-7-27(30)32)12-15-28(22,2)26(23)13-16-29(24,25)3/h8,14,18-19,23-26H,4-7,9-13,15-17H2,1-3H3/b18-14+/t23-,24?,25-,26-,28-,29+/m0/s1. The van der Waals surface area contributed by atoms with Crippen molar-refractivity contribution in [3.8, 4) is 0 Å². The van der Waals surface area contributed by atoms with Crippen molar-refractivity contribution in [3.63, 3.8) is 0 Å². The lowest BCUT2D eigenvalue weighted by atomic mass is 9.47. The van der Waals surface area contributed by atoms with E-state index in [1.807, 2.05) is 11.8 Å². The number of allylic oxidation sites excluding steroid dienone is 5. The monoisotopic (exact) mass is 435 g/mol. The number of nitrogens with zero attached hydrogens (tertiary/aromatic N) is 1. The van der Waals surface area contributed by atoms with E-state index < -0.39 is 0 Å². The molecule has 2 saturated carbocycles. The number of carbonyl (C=O) groups excluding carboxylic acids is 2. The highest BCUT2D eigenvalue weighted by atomic mass is 16.2. The summed E-state index contributed by atoms with van der Waals surface area (Å²) in [5.41, 5.74) is 3.42. The van der Waals surface area contributed by atoms with Crippen LogP contribution in [0.4, 0.5) is 0 Å². The van der Waals surface area contributed by atoms with Crippen molar-refractivity contribution < 1.29 is 9.59 Å². The Kier molecular flexibility index (Phi) is 5.75. The van der Waals surface area contributed by atoms with Gasteiger partial charge in [-0.2, -0.15) is 0 Å². The van der Waals surface area contributed by atoms with Crippen molar-refractivity contribution in [1.82, 2.24) is 4.90 Å². The average molecular weight is 436 g/mol. The highest BCUT2D eigenvalue weighted by molar-refractivity contribution is 5.79. The first-order valence-corrected chi connectivity index (χ1v) is 13.2. The number of fused-ring (bicyclic) bond motifs is 5. The van der Waals surface area contributed by atoms with E-state index in [2.05, 4.69) is 38.3 Å². The average Bonchev–Trinajstić information content (AvgIpc) is 2.99. The molecule has 0 bridgehead atoms. The summed E-state index contributed by atoms with van der Waals surface area (Å²) in [4.78, 5) is 26.6. The summed E-state index contributed by atoms with van der Waals surface area (Å²) >= 11 is 0. The predicted molar refractivity (Wildman–Crippen MR) is 129 cm³/mol. The first-order chi connectivity index (χ1) is 15.3. The Bertz CT molecular complexity index is 882. The van der Waals surface area contributed by atoms with Crippen LogP contribution in [0, 0.1) is 34.5 Å². The molecule has 1 heterocycles.